The van der Waals surface area contributed by atoms with Crippen molar-refractivity contribution in [2.45, 2.75) is 13.0 Å². The van der Waals surface area contributed by atoms with Gasteiger partial charge in [0.1, 0.15) is 5.75 Å². The fraction of sp³-hybridized carbons (Fsp3) is 0.222. The maximum atomic E-state index is 11.3. The Morgan fingerprint density at radius 1 is 1.77 bits per heavy atom. The molecule has 0 aliphatic carbocycles. The third-order valence-electron chi connectivity index (χ3n) is 1.77. The van der Waals surface area contributed by atoms with Crippen molar-refractivity contribution in [2.24, 2.45) is 5.73 Å². The monoisotopic (exact) mass is 180 g/mol. The first-order valence-electron chi connectivity index (χ1n) is 3.87. The molecule has 1 aromatic heterocycles. The van der Waals surface area contributed by atoms with Gasteiger partial charge in [-0.15, -0.1) is 6.58 Å². The van der Waals surface area contributed by atoms with Crippen molar-refractivity contribution < 1.29 is 5.11 Å². The van der Waals surface area contributed by atoms with Crippen LogP contribution in [0.2, 0.25) is 0 Å². The lowest BCUT2D eigenvalue weighted by Gasteiger charge is -2.07. The van der Waals surface area contributed by atoms with E-state index in [-0.39, 0.29) is 16.9 Å². The van der Waals surface area contributed by atoms with Crippen LogP contribution in [-0.2, 0) is 0 Å². The van der Waals surface area contributed by atoms with Crippen LogP contribution in [0.4, 0.5) is 0 Å². The lowest BCUT2D eigenvalue weighted by molar-refractivity contribution is 0.463. The van der Waals surface area contributed by atoms with Crippen molar-refractivity contribution in [1.82, 2.24) is 4.98 Å². The molecule has 0 saturated heterocycles. The van der Waals surface area contributed by atoms with E-state index < -0.39 is 6.04 Å². The highest BCUT2D eigenvalue weighted by Gasteiger charge is 2.12. The lowest BCUT2D eigenvalue weighted by atomic mass is 10.1. The Morgan fingerprint density at radius 3 is 2.85 bits per heavy atom. The number of nitrogens with one attached hydrogen (secondary N) is 1. The van der Waals surface area contributed by atoms with Gasteiger partial charge >= 0.3 is 0 Å². The van der Waals surface area contributed by atoms with Crippen LogP contribution >= 0.6 is 0 Å². The zero-order valence-electron chi connectivity index (χ0n) is 7.37. The predicted octanol–water partition coefficient (Wildman–Crippen LogP) is 0.575. The first kappa shape index (κ1) is 9.54. The molecule has 0 fully saturated rings. The summed E-state index contributed by atoms with van der Waals surface area (Å²) in [6, 6.07) is 0.824. The van der Waals surface area contributed by atoms with Crippen LogP contribution in [0.3, 0.4) is 0 Å². The first-order valence-corrected chi connectivity index (χ1v) is 3.87. The highest BCUT2D eigenvalue weighted by Crippen LogP contribution is 2.18. The maximum Gasteiger partial charge on any atom is 0.256 e. The molecule has 1 atom stereocenters. The van der Waals surface area contributed by atoms with E-state index in [0.29, 0.717) is 5.69 Å². The minimum Gasteiger partial charge on any atom is -0.507 e. The Hall–Kier alpha value is -1.55. The number of hydrogen-bond acceptors (Lipinski definition) is 3. The third-order valence-corrected chi connectivity index (χ3v) is 1.77. The Morgan fingerprint density at radius 2 is 2.38 bits per heavy atom. The molecule has 13 heavy (non-hydrogen) atoms. The molecular formula is C9H12N2O2. The van der Waals surface area contributed by atoms with Gasteiger partial charge in [-0.1, -0.05) is 6.08 Å². The summed E-state index contributed by atoms with van der Waals surface area (Å²) in [6.07, 6.45) is 1.40. The van der Waals surface area contributed by atoms with E-state index in [1.54, 1.807) is 6.92 Å². The van der Waals surface area contributed by atoms with Gasteiger partial charge in [-0.05, 0) is 13.0 Å². The van der Waals surface area contributed by atoms with Crippen LogP contribution < -0.4 is 11.3 Å². The summed E-state index contributed by atoms with van der Waals surface area (Å²) in [6.45, 7) is 5.14. The van der Waals surface area contributed by atoms with E-state index >= 15 is 0 Å². The van der Waals surface area contributed by atoms with Gasteiger partial charge < -0.3 is 15.8 Å². The van der Waals surface area contributed by atoms with Crippen LogP contribution in [-0.4, -0.2) is 10.1 Å². The van der Waals surface area contributed by atoms with Gasteiger partial charge in [0.05, 0.1) is 11.6 Å². The van der Waals surface area contributed by atoms with Crippen molar-refractivity contribution in [3.8, 4) is 5.75 Å². The van der Waals surface area contributed by atoms with Crippen LogP contribution in [0, 0.1) is 6.92 Å². The van der Waals surface area contributed by atoms with E-state index in [4.69, 9.17) is 5.73 Å². The van der Waals surface area contributed by atoms with E-state index in [2.05, 4.69) is 11.6 Å². The van der Waals surface area contributed by atoms with E-state index in [0.717, 1.165) is 0 Å². The van der Waals surface area contributed by atoms with Crippen molar-refractivity contribution in [3.63, 3.8) is 0 Å². The summed E-state index contributed by atoms with van der Waals surface area (Å²) in [4.78, 5) is 13.9. The Labute approximate surface area is 75.7 Å². The van der Waals surface area contributed by atoms with Gasteiger partial charge in [0.25, 0.3) is 5.56 Å². The summed E-state index contributed by atoms with van der Waals surface area (Å²) < 4.78 is 0. The molecule has 0 bridgehead atoms. The summed E-state index contributed by atoms with van der Waals surface area (Å²) in [5.41, 5.74) is 5.93. The maximum absolute atomic E-state index is 11.3. The minimum absolute atomic E-state index is 0.0892. The fourth-order valence-corrected chi connectivity index (χ4v) is 1.12. The van der Waals surface area contributed by atoms with Gasteiger partial charge in [0, 0.05) is 5.69 Å². The SMILES string of the molecule is C=C[C@@H](N)c1c(O)cc(C)[nH]c1=O. The molecule has 1 heterocycles. The average Bonchev–Trinajstić information content (AvgIpc) is 2.02. The van der Waals surface area contributed by atoms with E-state index in [1.807, 2.05) is 0 Å². The highest BCUT2D eigenvalue weighted by atomic mass is 16.3. The molecule has 4 N–H and O–H groups in total. The second kappa shape index (κ2) is 3.45. The fourth-order valence-electron chi connectivity index (χ4n) is 1.12. The van der Waals surface area contributed by atoms with Gasteiger partial charge in [0.15, 0.2) is 0 Å². The standard InChI is InChI=1S/C9H12N2O2/c1-3-6(10)8-7(12)4-5(2)11-9(8)13/h3-4,6H,1,10H2,2H3,(H2,11,12,13)/t6-/m1/s1. The van der Waals surface area contributed by atoms with Crippen LogP contribution in [0.5, 0.6) is 5.75 Å². The quantitative estimate of drug-likeness (QED) is 0.582. The topological polar surface area (TPSA) is 79.1 Å². The third kappa shape index (κ3) is 1.78. The molecule has 0 spiro atoms. The van der Waals surface area contributed by atoms with Crippen LogP contribution in [0.1, 0.15) is 17.3 Å². The molecular weight excluding hydrogens is 168 g/mol. The smallest absolute Gasteiger partial charge is 0.256 e. The Bertz CT molecular complexity index is 382. The molecule has 0 aromatic carbocycles. The zero-order chi connectivity index (χ0) is 10.0. The predicted molar refractivity (Wildman–Crippen MR) is 50.6 cm³/mol. The summed E-state index contributed by atoms with van der Waals surface area (Å²) in [7, 11) is 0. The summed E-state index contributed by atoms with van der Waals surface area (Å²) in [5, 5.41) is 9.43. The molecule has 4 heteroatoms. The number of aromatic nitrogens is 1. The summed E-state index contributed by atoms with van der Waals surface area (Å²) in [5.74, 6) is -0.0892. The molecule has 1 rings (SSSR count). The minimum atomic E-state index is -0.635. The molecule has 0 unspecified atom stereocenters. The zero-order valence-corrected chi connectivity index (χ0v) is 7.37. The van der Waals surface area contributed by atoms with Gasteiger partial charge in [-0.25, -0.2) is 0 Å². The lowest BCUT2D eigenvalue weighted by Crippen LogP contribution is -2.20. The number of nitrogens with two attached hydrogens (primary N) is 1. The van der Waals surface area contributed by atoms with Crippen molar-refractivity contribution in [2.75, 3.05) is 0 Å². The number of rotatable bonds is 2. The molecule has 0 aliphatic rings. The van der Waals surface area contributed by atoms with Gasteiger partial charge in [-0.2, -0.15) is 0 Å². The number of H-pyrrole nitrogens is 1. The number of pyridine rings is 1. The number of aryl methyl sites for hydroxylation is 1. The van der Waals surface area contributed by atoms with E-state index in [9.17, 15) is 9.90 Å². The van der Waals surface area contributed by atoms with Crippen molar-refractivity contribution in [3.05, 3.63) is 40.3 Å². The van der Waals surface area contributed by atoms with Gasteiger partial charge in [-0.3, -0.25) is 4.79 Å². The number of aromatic hydroxyl groups is 1. The number of hydrogen-bond donors (Lipinski definition) is 3. The van der Waals surface area contributed by atoms with E-state index in [1.165, 1.54) is 12.1 Å². The average molecular weight is 180 g/mol. The van der Waals surface area contributed by atoms with Crippen LogP contribution in [0.15, 0.2) is 23.5 Å². The summed E-state index contributed by atoms with van der Waals surface area (Å²) >= 11 is 0. The molecule has 0 amide bonds. The molecule has 0 radical (unpaired) electrons. The first-order chi connectivity index (χ1) is 6.06. The van der Waals surface area contributed by atoms with Crippen LogP contribution in [0.25, 0.3) is 0 Å². The second-order valence-corrected chi connectivity index (χ2v) is 2.84. The normalized spacial score (nSPS) is 12.5. The van der Waals surface area contributed by atoms with Crippen molar-refractivity contribution >= 4 is 0 Å². The molecule has 0 aliphatic heterocycles. The molecule has 70 valence electrons. The largest absolute Gasteiger partial charge is 0.507 e. The highest BCUT2D eigenvalue weighted by molar-refractivity contribution is 5.35. The van der Waals surface area contributed by atoms with Crippen molar-refractivity contribution in [1.29, 1.82) is 0 Å². The Kier molecular flexibility index (Phi) is 2.53. The van der Waals surface area contributed by atoms with Gasteiger partial charge in [0.2, 0.25) is 0 Å². The molecule has 0 saturated carbocycles. The second-order valence-electron chi connectivity index (χ2n) is 2.84. The molecule has 4 nitrogen and oxygen atoms in total. The number of aromatic amines is 1. The Balaban J connectivity index is 3.37. The molecule has 1 aromatic rings.